The minimum atomic E-state index is -0.0953. The van der Waals surface area contributed by atoms with Crippen LogP contribution in [0.5, 0.6) is 0 Å². The largest absolute Gasteiger partial charge is 0.396 e. The molecule has 0 atom stereocenters. The molecule has 0 saturated heterocycles. The number of imidazole rings is 1. The van der Waals surface area contributed by atoms with Crippen LogP contribution in [0, 0.1) is 0 Å². The molecule has 0 fully saturated rings. The highest BCUT2D eigenvalue weighted by molar-refractivity contribution is 6.33. The molecule has 106 valence electrons. The third kappa shape index (κ3) is 3.59. The fourth-order valence-electron chi connectivity index (χ4n) is 1.88. The Balaban J connectivity index is 2.16. The van der Waals surface area contributed by atoms with Crippen LogP contribution in [0.4, 0.5) is 5.69 Å². The van der Waals surface area contributed by atoms with Gasteiger partial charge in [-0.2, -0.15) is 0 Å². The van der Waals surface area contributed by atoms with E-state index in [2.05, 4.69) is 10.3 Å². The Labute approximate surface area is 122 Å². The molecule has 0 unspecified atom stereocenters. The van der Waals surface area contributed by atoms with Gasteiger partial charge in [0, 0.05) is 25.4 Å². The molecule has 0 aliphatic heterocycles. The quantitative estimate of drug-likeness (QED) is 0.805. The maximum atomic E-state index is 11.9. The average molecular weight is 294 g/mol. The van der Waals surface area contributed by atoms with Gasteiger partial charge in [0.25, 0.3) is 0 Å². The Kier molecular flexibility index (Phi) is 5.15. The zero-order valence-corrected chi connectivity index (χ0v) is 11.7. The first-order valence-electron chi connectivity index (χ1n) is 6.40. The molecular weight excluding hydrogens is 278 g/mol. The summed E-state index contributed by atoms with van der Waals surface area (Å²) in [6.07, 6.45) is 6.69. The molecule has 0 spiro atoms. The van der Waals surface area contributed by atoms with Gasteiger partial charge in [0.2, 0.25) is 5.91 Å². The van der Waals surface area contributed by atoms with Crippen molar-refractivity contribution in [2.24, 2.45) is 0 Å². The molecule has 5 nitrogen and oxygen atoms in total. The number of benzene rings is 1. The van der Waals surface area contributed by atoms with Crippen LogP contribution in [0.3, 0.4) is 0 Å². The average Bonchev–Trinajstić information content (AvgIpc) is 2.93. The summed E-state index contributed by atoms with van der Waals surface area (Å²) in [5.41, 5.74) is 1.34. The number of hydrogen-bond acceptors (Lipinski definition) is 3. The van der Waals surface area contributed by atoms with E-state index in [1.165, 1.54) is 0 Å². The van der Waals surface area contributed by atoms with Gasteiger partial charge >= 0.3 is 0 Å². The second-order valence-corrected chi connectivity index (χ2v) is 4.74. The first-order chi connectivity index (χ1) is 9.72. The zero-order chi connectivity index (χ0) is 14.4. The summed E-state index contributed by atoms with van der Waals surface area (Å²) in [5.74, 6) is -0.0953. The Morgan fingerprint density at radius 1 is 1.40 bits per heavy atom. The summed E-state index contributed by atoms with van der Waals surface area (Å²) in [4.78, 5) is 15.8. The number of nitrogens with zero attached hydrogens (tertiary/aromatic N) is 2. The van der Waals surface area contributed by atoms with E-state index in [4.69, 9.17) is 16.7 Å². The predicted octanol–water partition coefficient (Wildman–Crippen LogP) is 2.63. The summed E-state index contributed by atoms with van der Waals surface area (Å²) in [7, 11) is 0. The number of aromatic nitrogens is 2. The Bertz CT molecular complexity index is 570. The number of aliphatic hydroxyl groups excluding tert-OH is 1. The van der Waals surface area contributed by atoms with E-state index < -0.39 is 0 Å². The van der Waals surface area contributed by atoms with Crippen LogP contribution < -0.4 is 5.32 Å². The highest BCUT2D eigenvalue weighted by Gasteiger charge is 2.11. The van der Waals surface area contributed by atoms with Crippen molar-refractivity contribution in [3.8, 4) is 5.69 Å². The van der Waals surface area contributed by atoms with Crippen LogP contribution in [-0.2, 0) is 4.79 Å². The maximum Gasteiger partial charge on any atom is 0.224 e. The van der Waals surface area contributed by atoms with Gasteiger partial charge in [-0.05, 0) is 25.0 Å². The van der Waals surface area contributed by atoms with Crippen LogP contribution in [0.1, 0.15) is 19.3 Å². The van der Waals surface area contributed by atoms with Crippen molar-refractivity contribution in [1.82, 2.24) is 9.55 Å². The molecule has 1 amide bonds. The number of nitrogens with one attached hydrogen (secondary N) is 1. The lowest BCUT2D eigenvalue weighted by Gasteiger charge is -2.13. The zero-order valence-electron chi connectivity index (χ0n) is 10.9. The van der Waals surface area contributed by atoms with Crippen LogP contribution in [0.15, 0.2) is 36.9 Å². The lowest BCUT2D eigenvalue weighted by molar-refractivity contribution is -0.116. The molecule has 2 aromatic rings. The molecule has 1 aromatic carbocycles. The smallest absolute Gasteiger partial charge is 0.224 e. The Morgan fingerprint density at radius 3 is 2.95 bits per heavy atom. The number of unbranched alkanes of at least 4 members (excludes halogenated alkanes) is 1. The van der Waals surface area contributed by atoms with Gasteiger partial charge in [-0.25, -0.2) is 4.98 Å². The molecule has 1 heterocycles. The number of carbonyl (C=O) groups excluding carboxylic acids is 1. The van der Waals surface area contributed by atoms with E-state index in [0.717, 1.165) is 0 Å². The topological polar surface area (TPSA) is 67.2 Å². The molecule has 0 aliphatic carbocycles. The number of anilines is 1. The predicted molar refractivity (Wildman–Crippen MR) is 78.1 cm³/mol. The molecule has 0 bridgehead atoms. The minimum absolute atomic E-state index is 0.0953. The van der Waals surface area contributed by atoms with Crippen molar-refractivity contribution in [2.45, 2.75) is 19.3 Å². The van der Waals surface area contributed by atoms with Gasteiger partial charge < -0.3 is 15.0 Å². The molecule has 0 radical (unpaired) electrons. The standard InChI is InChI=1S/C14H16ClN3O2/c15-11-4-3-5-12(14(11)18-8-7-16-10-18)17-13(20)6-1-2-9-19/h3-5,7-8,10,19H,1-2,6,9H2,(H,17,20). The second-order valence-electron chi connectivity index (χ2n) is 4.33. The third-order valence-electron chi connectivity index (χ3n) is 2.84. The van der Waals surface area contributed by atoms with Gasteiger partial charge in [-0.3, -0.25) is 4.79 Å². The third-order valence-corrected chi connectivity index (χ3v) is 3.14. The van der Waals surface area contributed by atoms with E-state index in [1.807, 2.05) is 0 Å². The summed E-state index contributed by atoms with van der Waals surface area (Å²) in [5, 5.41) is 12.1. The number of aliphatic hydroxyl groups is 1. The number of halogens is 1. The molecule has 6 heteroatoms. The van der Waals surface area contributed by atoms with Gasteiger partial charge in [0.1, 0.15) is 0 Å². The van der Waals surface area contributed by atoms with E-state index in [-0.39, 0.29) is 12.5 Å². The van der Waals surface area contributed by atoms with E-state index >= 15 is 0 Å². The van der Waals surface area contributed by atoms with Crippen molar-refractivity contribution in [3.05, 3.63) is 41.9 Å². The molecular formula is C14H16ClN3O2. The van der Waals surface area contributed by atoms with Gasteiger partial charge in [-0.15, -0.1) is 0 Å². The van der Waals surface area contributed by atoms with Gasteiger partial charge in [-0.1, -0.05) is 17.7 Å². The lowest BCUT2D eigenvalue weighted by atomic mass is 10.2. The SMILES string of the molecule is O=C(CCCCO)Nc1cccc(Cl)c1-n1ccnc1. The van der Waals surface area contributed by atoms with Crippen LogP contribution >= 0.6 is 11.6 Å². The second kappa shape index (κ2) is 7.07. The maximum absolute atomic E-state index is 11.9. The van der Waals surface area contributed by atoms with Crippen molar-refractivity contribution < 1.29 is 9.90 Å². The van der Waals surface area contributed by atoms with Crippen molar-refractivity contribution in [1.29, 1.82) is 0 Å². The monoisotopic (exact) mass is 293 g/mol. The fraction of sp³-hybridized carbons (Fsp3) is 0.286. The molecule has 0 aliphatic rings. The van der Waals surface area contributed by atoms with E-state index in [1.54, 1.807) is 41.5 Å². The minimum Gasteiger partial charge on any atom is -0.396 e. The fourth-order valence-corrected chi connectivity index (χ4v) is 2.15. The van der Waals surface area contributed by atoms with Crippen LogP contribution in [-0.4, -0.2) is 27.2 Å². The van der Waals surface area contributed by atoms with Crippen LogP contribution in [0.2, 0.25) is 5.02 Å². The number of carbonyl (C=O) groups is 1. The summed E-state index contributed by atoms with van der Waals surface area (Å²) >= 11 is 6.20. The van der Waals surface area contributed by atoms with Gasteiger partial charge in [0.15, 0.2) is 0 Å². The number of amides is 1. The molecule has 2 N–H and O–H groups in total. The highest BCUT2D eigenvalue weighted by Crippen LogP contribution is 2.28. The van der Waals surface area contributed by atoms with Crippen LogP contribution in [0.25, 0.3) is 5.69 Å². The molecule has 20 heavy (non-hydrogen) atoms. The van der Waals surface area contributed by atoms with Crippen molar-refractivity contribution in [2.75, 3.05) is 11.9 Å². The summed E-state index contributed by atoms with van der Waals surface area (Å²) in [6.45, 7) is 0.102. The molecule has 1 aromatic heterocycles. The summed E-state index contributed by atoms with van der Waals surface area (Å²) < 4.78 is 1.76. The van der Waals surface area contributed by atoms with E-state index in [0.29, 0.717) is 35.7 Å². The lowest BCUT2D eigenvalue weighted by Crippen LogP contribution is -2.13. The first-order valence-corrected chi connectivity index (χ1v) is 6.77. The van der Waals surface area contributed by atoms with Gasteiger partial charge in [0.05, 0.1) is 22.7 Å². The summed E-state index contributed by atoms with van der Waals surface area (Å²) in [6, 6.07) is 5.34. The molecule has 0 saturated carbocycles. The Morgan fingerprint density at radius 2 is 2.25 bits per heavy atom. The number of para-hydroxylation sites is 1. The number of hydrogen-bond donors (Lipinski definition) is 2. The Hall–Kier alpha value is -1.85. The van der Waals surface area contributed by atoms with E-state index in [9.17, 15) is 4.79 Å². The van der Waals surface area contributed by atoms with Crippen molar-refractivity contribution in [3.63, 3.8) is 0 Å². The highest BCUT2D eigenvalue weighted by atomic mass is 35.5. The molecule has 2 rings (SSSR count). The van der Waals surface area contributed by atoms with Crippen molar-refractivity contribution >= 4 is 23.2 Å². The number of rotatable bonds is 6. The first kappa shape index (κ1) is 14.6. The normalized spacial score (nSPS) is 10.5.